The molecule has 102 valence electrons. The maximum atomic E-state index is 12.0. The molecule has 18 heavy (non-hydrogen) atoms. The minimum atomic E-state index is -0.424. The molecule has 1 aromatic carbocycles. The van der Waals surface area contributed by atoms with Crippen LogP contribution in [0.15, 0.2) is 28.7 Å². The summed E-state index contributed by atoms with van der Waals surface area (Å²) in [6.45, 7) is 4.49. The zero-order valence-corrected chi connectivity index (χ0v) is 13.3. The van der Waals surface area contributed by atoms with Gasteiger partial charge in [-0.1, -0.05) is 41.9 Å². The number of benzene rings is 1. The summed E-state index contributed by atoms with van der Waals surface area (Å²) in [4.78, 5) is 13.6. The van der Waals surface area contributed by atoms with Crippen LogP contribution in [0.4, 0.5) is 0 Å². The van der Waals surface area contributed by atoms with Crippen molar-refractivity contribution in [3.05, 3.63) is 34.3 Å². The Labute approximate surface area is 123 Å². The van der Waals surface area contributed by atoms with Crippen molar-refractivity contribution in [1.29, 1.82) is 0 Å². The van der Waals surface area contributed by atoms with Gasteiger partial charge < -0.3 is 10.6 Å². The standard InChI is InChI=1S/C13H19BrN2O.ClH/c1-9(2)12(15)13(17)16(3)8-10-5-4-6-11(14)7-10;/h4-7,9,12H,8,15H2,1-3H3;1H/t12-;/m1./s1. The molecular weight excluding hydrogens is 316 g/mol. The fourth-order valence-corrected chi connectivity index (χ4v) is 1.97. The molecule has 0 radical (unpaired) electrons. The number of rotatable bonds is 4. The third-order valence-corrected chi connectivity index (χ3v) is 3.18. The van der Waals surface area contributed by atoms with Gasteiger partial charge in [-0.25, -0.2) is 0 Å². The fourth-order valence-electron chi connectivity index (χ4n) is 1.53. The van der Waals surface area contributed by atoms with Crippen LogP contribution in [0.1, 0.15) is 19.4 Å². The Morgan fingerprint density at radius 1 is 1.44 bits per heavy atom. The lowest BCUT2D eigenvalue weighted by Crippen LogP contribution is -2.44. The largest absolute Gasteiger partial charge is 0.340 e. The van der Waals surface area contributed by atoms with E-state index in [0.29, 0.717) is 6.54 Å². The summed E-state index contributed by atoms with van der Waals surface area (Å²) in [5, 5.41) is 0. The van der Waals surface area contributed by atoms with Gasteiger partial charge in [0.25, 0.3) is 0 Å². The van der Waals surface area contributed by atoms with E-state index in [4.69, 9.17) is 5.73 Å². The summed E-state index contributed by atoms with van der Waals surface area (Å²) in [6, 6.07) is 7.50. The molecule has 0 saturated heterocycles. The van der Waals surface area contributed by atoms with E-state index in [9.17, 15) is 4.79 Å². The van der Waals surface area contributed by atoms with Crippen LogP contribution in [0.25, 0.3) is 0 Å². The lowest BCUT2D eigenvalue weighted by Gasteiger charge is -2.23. The fraction of sp³-hybridized carbons (Fsp3) is 0.462. The number of hydrogen-bond acceptors (Lipinski definition) is 2. The zero-order chi connectivity index (χ0) is 13.0. The monoisotopic (exact) mass is 334 g/mol. The van der Waals surface area contributed by atoms with Crippen LogP contribution in [0, 0.1) is 5.92 Å². The molecule has 2 N–H and O–H groups in total. The highest BCUT2D eigenvalue weighted by Gasteiger charge is 2.20. The Bertz CT molecular complexity index is 398. The predicted molar refractivity (Wildman–Crippen MR) is 80.7 cm³/mol. The molecule has 3 nitrogen and oxygen atoms in total. The quantitative estimate of drug-likeness (QED) is 0.919. The minimum Gasteiger partial charge on any atom is -0.340 e. The molecule has 0 unspecified atom stereocenters. The van der Waals surface area contributed by atoms with Crippen LogP contribution in [-0.4, -0.2) is 23.9 Å². The summed E-state index contributed by atoms with van der Waals surface area (Å²) in [6.07, 6.45) is 0. The molecule has 0 aromatic heterocycles. The number of hydrogen-bond donors (Lipinski definition) is 1. The molecule has 0 aliphatic carbocycles. The van der Waals surface area contributed by atoms with E-state index in [0.717, 1.165) is 10.0 Å². The molecule has 0 spiro atoms. The van der Waals surface area contributed by atoms with Crippen LogP contribution in [-0.2, 0) is 11.3 Å². The number of likely N-dealkylation sites (N-methyl/N-ethyl adjacent to an activating group) is 1. The van der Waals surface area contributed by atoms with Gasteiger partial charge in [-0.3, -0.25) is 4.79 Å². The molecule has 5 heteroatoms. The number of halogens is 2. The molecule has 0 bridgehead atoms. The second-order valence-corrected chi connectivity index (χ2v) is 5.51. The molecule has 0 fully saturated rings. The smallest absolute Gasteiger partial charge is 0.239 e. The third-order valence-electron chi connectivity index (χ3n) is 2.69. The number of nitrogens with zero attached hydrogens (tertiary/aromatic N) is 1. The molecular formula is C13H20BrClN2O. The Morgan fingerprint density at radius 3 is 2.56 bits per heavy atom. The first-order valence-corrected chi connectivity index (χ1v) is 6.46. The van der Waals surface area contributed by atoms with Gasteiger partial charge in [-0.2, -0.15) is 0 Å². The van der Waals surface area contributed by atoms with Crippen molar-refractivity contribution in [2.45, 2.75) is 26.4 Å². The van der Waals surface area contributed by atoms with Gasteiger partial charge in [0.05, 0.1) is 6.04 Å². The van der Waals surface area contributed by atoms with Crippen LogP contribution < -0.4 is 5.73 Å². The molecule has 1 rings (SSSR count). The second-order valence-electron chi connectivity index (χ2n) is 4.59. The molecule has 0 heterocycles. The van der Waals surface area contributed by atoms with E-state index in [1.807, 2.05) is 38.1 Å². The van der Waals surface area contributed by atoms with E-state index < -0.39 is 6.04 Å². The van der Waals surface area contributed by atoms with Crippen LogP contribution in [0.5, 0.6) is 0 Å². The lowest BCUT2D eigenvalue weighted by molar-refractivity contribution is -0.132. The second kappa shape index (κ2) is 7.77. The van der Waals surface area contributed by atoms with Gasteiger partial charge in [0, 0.05) is 18.1 Å². The maximum absolute atomic E-state index is 12.0. The molecule has 1 aromatic rings. The summed E-state index contributed by atoms with van der Waals surface area (Å²) < 4.78 is 1.02. The van der Waals surface area contributed by atoms with Crippen molar-refractivity contribution in [2.75, 3.05) is 7.05 Å². The van der Waals surface area contributed by atoms with E-state index in [1.165, 1.54) is 0 Å². The maximum Gasteiger partial charge on any atom is 0.239 e. The Balaban J connectivity index is 0.00000289. The molecule has 1 atom stereocenters. The molecule has 0 aliphatic heterocycles. The number of carbonyl (C=O) groups excluding carboxylic acids is 1. The van der Waals surface area contributed by atoms with Gasteiger partial charge in [-0.05, 0) is 23.6 Å². The Hall–Kier alpha value is -0.580. The number of amides is 1. The van der Waals surface area contributed by atoms with E-state index in [1.54, 1.807) is 11.9 Å². The highest BCUT2D eigenvalue weighted by molar-refractivity contribution is 9.10. The van der Waals surface area contributed by atoms with Crippen LogP contribution in [0.3, 0.4) is 0 Å². The minimum absolute atomic E-state index is 0. The van der Waals surface area contributed by atoms with E-state index in [-0.39, 0.29) is 24.2 Å². The highest BCUT2D eigenvalue weighted by Crippen LogP contribution is 2.13. The number of carbonyl (C=O) groups is 1. The first kappa shape index (κ1) is 17.4. The first-order chi connectivity index (χ1) is 7.91. The van der Waals surface area contributed by atoms with Crippen molar-refractivity contribution in [3.63, 3.8) is 0 Å². The zero-order valence-electron chi connectivity index (χ0n) is 10.9. The van der Waals surface area contributed by atoms with Crippen molar-refractivity contribution in [1.82, 2.24) is 4.90 Å². The van der Waals surface area contributed by atoms with Gasteiger partial charge in [0.1, 0.15) is 0 Å². The van der Waals surface area contributed by atoms with Gasteiger partial charge in [0.2, 0.25) is 5.91 Å². The summed E-state index contributed by atoms with van der Waals surface area (Å²) >= 11 is 3.41. The van der Waals surface area contributed by atoms with Gasteiger partial charge in [-0.15, -0.1) is 12.4 Å². The summed E-state index contributed by atoms with van der Waals surface area (Å²) in [5.41, 5.74) is 6.93. The first-order valence-electron chi connectivity index (χ1n) is 5.67. The van der Waals surface area contributed by atoms with E-state index in [2.05, 4.69) is 15.9 Å². The highest BCUT2D eigenvalue weighted by atomic mass is 79.9. The molecule has 0 aliphatic rings. The average molecular weight is 336 g/mol. The van der Waals surface area contributed by atoms with E-state index >= 15 is 0 Å². The van der Waals surface area contributed by atoms with Gasteiger partial charge in [0.15, 0.2) is 0 Å². The Morgan fingerprint density at radius 2 is 2.06 bits per heavy atom. The van der Waals surface area contributed by atoms with Gasteiger partial charge >= 0.3 is 0 Å². The average Bonchev–Trinajstić information content (AvgIpc) is 2.26. The lowest BCUT2D eigenvalue weighted by atomic mass is 10.0. The Kier molecular flexibility index (Phi) is 7.52. The third kappa shape index (κ3) is 4.96. The van der Waals surface area contributed by atoms with Crippen LogP contribution >= 0.6 is 28.3 Å². The predicted octanol–water partition coefficient (Wildman–Crippen LogP) is 2.81. The van der Waals surface area contributed by atoms with Crippen molar-refractivity contribution >= 4 is 34.2 Å². The number of nitrogens with two attached hydrogens (primary N) is 1. The summed E-state index contributed by atoms with van der Waals surface area (Å²) in [7, 11) is 1.78. The molecule has 1 amide bonds. The topological polar surface area (TPSA) is 46.3 Å². The van der Waals surface area contributed by atoms with Crippen molar-refractivity contribution in [2.24, 2.45) is 11.7 Å². The molecule has 0 saturated carbocycles. The SMILES string of the molecule is CC(C)[C@@H](N)C(=O)N(C)Cc1cccc(Br)c1.Cl. The van der Waals surface area contributed by atoms with Crippen LogP contribution in [0.2, 0.25) is 0 Å². The van der Waals surface area contributed by atoms with Crippen molar-refractivity contribution in [3.8, 4) is 0 Å². The van der Waals surface area contributed by atoms with Crippen molar-refractivity contribution < 1.29 is 4.79 Å². The normalized spacial score (nSPS) is 11.9. The summed E-state index contributed by atoms with van der Waals surface area (Å²) in [5.74, 6) is 0.146.